The van der Waals surface area contributed by atoms with Crippen LogP contribution in [-0.4, -0.2) is 183 Å². The number of hydrogen-bond donors (Lipinski definition) is 1. The number of carbonyl (C=O) groups excluding carboxylic acids is 6. The van der Waals surface area contributed by atoms with Crippen LogP contribution in [0, 0.1) is 17.8 Å². The molecule has 16 atom stereocenters. The number of aliphatic hydroxyl groups is 1. The normalized spacial score (nSPS) is 34.6. The number of carbonyl (C=O) groups is 6. The van der Waals surface area contributed by atoms with Gasteiger partial charge in [0.1, 0.15) is 36.8 Å². The van der Waals surface area contributed by atoms with E-state index in [2.05, 4.69) is 22.2 Å². The molecule has 1 aromatic rings. The maximum Gasteiger partial charge on any atom is 0.309 e. The average molecular weight is 1030 g/mol. The number of likely N-dealkylation sites (N-methyl/N-ethyl adjacent to an activating group) is 1. The maximum absolute atomic E-state index is 14.0. The lowest BCUT2D eigenvalue weighted by Gasteiger charge is -2.53. The molecule has 414 valence electrons. The molecule has 0 saturated carbocycles. The molecule has 4 rings (SSSR count). The van der Waals surface area contributed by atoms with Gasteiger partial charge in [-0.1, -0.05) is 51.1 Å². The van der Waals surface area contributed by atoms with Crippen molar-refractivity contribution in [2.75, 3.05) is 47.9 Å². The van der Waals surface area contributed by atoms with E-state index in [-0.39, 0.29) is 32.1 Å². The number of cyclic esters (lactones) is 1. The zero-order chi connectivity index (χ0) is 54.2. The first kappa shape index (κ1) is 61.5. The molecule has 3 aliphatic heterocycles. The average Bonchev–Trinajstić information content (AvgIpc) is 3.31. The van der Waals surface area contributed by atoms with E-state index in [9.17, 15) is 33.9 Å². The molecule has 3 aliphatic rings. The summed E-state index contributed by atoms with van der Waals surface area (Å²) in [6.45, 7) is 16.3. The van der Waals surface area contributed by atoms with Crippen molar-refractivity contribution >= 4 is 36.1 Å². The van der Waals surface area contributed by atoms with Gasteiger partial charge in [-0.05, 0) is 91.3 Å². The van der Waals surface area contributed by atoms with E-state index in [1.807, 2.05) is 32.2 Å². The Labute approximate surface area is 433 Å². The minimum atomic E-state index is -1.38. The number of hydrogen-bond acceptors (Lipinski definition) is 19. The number of unbranched alkanes of at least 4 members (excludes halogenated alkanes) is 1. The fourth-order valence-corrected chi connectivity index (χ4v) is 11.0. The van der Waals surface area contributed by atoms with Crippen LogP contribution < -0.4 is 0 Å². The minimum absolute atomic E-state index is 0.0154. The zero-order valence-corrected chi connectivity index (χ0v) is 45.7. The standard InChI is InChI=1S/C54H87N3O16/c1-14-43(61)70-41-30-45(63)66-34(4)24-27-56(12)57(26-20-19-23-39-21-17-16-18-22-39)32-42(69-37(7)59)33(3)29-40(25-28-58)47(51(41)65-13)52-49(64)48(55(10)11)50(35(5)68-52)72-46-31-54(9,73-38(8)60)53(36(6)67-46)71-44(62)15-2/h16-18,21-22,28,33-36,40-42,46-53,64H,14-15,19-20,23-27,29-32H2,1-13H3/t33-,34-,35-,36+,40+,41-,42+,46-,47+,48-,49-,50-,51-,52+,53+,54-/m1/s1. The van der Waals surface area contributed by atoms with Gasteiger partial charge in [-0.2, -0.15) is 0 Å². The van der Waals surface area contributed by atoms with Gasteiger partial charge in [0, 0.05) is 72.7 Å². The SMILES string of the molecule is CCC(=O)O[C@@H]1CC(=O)O[C@H](C)CCN(C)N(CCCCc2ccccc2)C[C@H](OC(C)=O)[C@H](C)C[C@H](CC=O)[C@H]([C@@H]2O[C@H](C)[C@@H](O[C@@H]3C[C@@](C)(OC(C)=O)[C@@H](OC(=O)CC)[C@H](C)O3)[C@H](N(C)C)[C@H]2O)[C@@H]1OC. The Kier molecular flexibility index (Phi) is 24.7. The van der Waals surface area contributed by atoms with Crippen molar-refractivity contribution in [3.05, 3.63) is 35.9 Å². The van der Waals surface area contributed by atoms with Crippen molar-refractivity contribution in [1.82, 2.24) is 14.9 Å². The van der Waals surface area contributed by atoms with Crippen molar-refractivity contribution in [3.8, 4) is 0 Å². The molecule has 0 aromatic heterocycles. The molecule has 0 spiro atoms. The van der Waals surface area contributed by atoms with Crippen molar-refractivity contribution in [2.45, 2.75) is 205 Å². The van der Waals surface area contributed by atoms with Crippen molar-refractivity contribution < 1.29 is 76.5 Å². The molecule has 0 unspecified atom stereocenters. The summed E-state index contributed by atoms with van der Waals surface area (Å²) in [5, 5.41) is 17.1. The highest BCUT2D eigenvalue weighted by molar-refractivity contribution is 5.73. The lowest BCUT2D eigenvalue weighted by molar-refractivity contribution is -0.319. The largest absolute Gasteiger partial charge is 0.463 e. The van der Waals surface area contributed by atoms with Crippen LogP contribution in [0.2, 0.25) is 0 Å². The Morgan fingerprint density at radius 3 is 2.18 bits per heavy atom. The number of hydrazine groups is 1. The number of methoxy groups -OCH3 is 1. The number of aliphatic hydroxyl groups excluding tert-OH is 1. The second-order valence-corrected chi connectivity index (χ2v) is 20.7. The first-order valence-corrected chi connectivity index (χ1v) is 26.3. The van der Waals surface area contributed by atoms with Gasteiger partial charge < -0.3 is 57.4 Å². The van der Waals surface area contributed by atoms with Crippen LogP contribution in [0.25, 0.3) is 0 Å². The Bertz CT molecular complexity index is 1910. The molecule has 19 nitrogen and oxygen atoms in total. The molecule has 3 saturated heterocycles. The monoisotopic (exact) mass is 1030 g/mol. The predicted molar refractivity (Wildman–Crippen MR) is 268 cm³/mol. The molecule has 0 bridgehead atoms. The summed E-state index contributed by atoms with van der Waals surface area (Å²) in [5.74, 6) is -4.80. The van der Waals surface area contributed by atoms with Crippen LogP contribution in [0.4, 0.5) is 0 Å². The summed E-state index contributed by atoms with van der Waals surface area (Å²) in [7, 11) is 6.94. The summed E-state index contributed by atoms with van der Waals surface area (Å²) in [5.41, 5.74) is -0.101. The molecule has 0 aliphatic carbocycles. The Balaban J connectivity index is 1.80. The highest BCUT2D eigenvalue weighted by Crippen LogP contribution is 2.43. The molecule has 1 N–H and O–H groups in total. The number of ether oxygens (including phenoxy) is 9. The fraction of sp³-hybridized carbons (Fsp3) is 0.778. The lowest BCUT2D eigenvalue weighted by Crippen LogP contribution is -2.67. The third-order valence-electron chi connectivity index (χ3n) is 14.6. The summed E-state index contributed by atoms with van der Waals surface area (Å²) in [6, 6.07) is 9.45. The van der Waals surface area contributed by atoms with Crippen molar-refractivity contribution in [3.63, 3.8) is 0 Å². The molecular weight excluding hydrogens is 947 g/mol. The topological polar surface area (TPSA) is 215 Å². The second kappa shape index (κ2) is 29.3. The third-order valence-corrected chi connectivity index (χ3v) is 14.6. The van der Waals surface area contributed by atoms with Gasteiger partial charge in [0.2, 0.25) is 0 Å². The number of rotatable bonds is 18. The van der Waals surface area contributed by atoms with Crippen LogP contribution in [0.15, 0.2) is 30.3 Å². The van der Waals surface area contributed by atoms with E-state index >= 15 is 0 Å². The summed E-state index contributed by atoms with van der Waals surface area (Å²) in [6.07, 6.45) is -6.83. The van der Waals surface area contributed by atoms with E-state index < -0.39 is 133 Å². The van der Waals surface area contributed by atoms with Gasteiger partial charge in [-0.3, -0.25) is 24.0 Å². The summed E-state index contributed by atoms with van der Waals surface area (Å²) >= 11 is 0. The van der Waals surface area contributed by atoms with Gasteiger partial charge >= 0.3 is 29.8 Å². The van der Waals surface area contributed by atoms with Crippen molar-refractivity contribution in [1.29, 1.82) is 0 Å². The second-order valence-electron chi connectivity index (χ2n) is 20.7. The molecule has 19 heteroatoms. The predicted octanol–water partition coefficient (Wildman–Crippen LogP) is 5.24. The van der Waals surface area contributed by atoms with Crippen LogP contribution in [-0.2, 0) is 77.8 Å². The van der Waals surface area contributed by atoms with Crippen LogP contribution >= 0.6 is 0 Å². The van der Waals surface area contributed by atoms with E-state index in [1.165, 1.54) is 26.5 Å². The smallest absolute Gasteiger partial charge is 0.309 e. The van der Waals surface area contributed by atoms with Crippen LogP contribution in [0.3, 0.4) is 0 Å². The zero-order valence-electron chi connectivity index (χ0n) is 45.7. The minimum Gasteiger partial charge on any atom is -0.463 e. The highest BCUT2D eigenvalue weighted by atomic mass is 16.7. The van der Waals surface area contributed by atoms with Crippen LogP contribution in [0.1, 0.15) is 126 Å². The van der Waals surface area contributed by atoms with Crippen molar-refractivity contribution in [2.24, 2.45) is 17.8 Å². The summed E-state index contributed by atoms with van der Waals surface area (Å²) in [4.78, 5) is 80.0. The fourth-order valence-electron chi connectivity index (χ4n) is 11.0. The van der Waals surface area contributed by atoms with E-state index in [1.54, 1.807) is 60.5 Å². The highest BCUT2D eigenvalue weighted by Gasteiger charge is 2.56. The van der Waals surface area contributed by atoms with Gasteiger partial charge in [-0.25, -0.2) is 10.0 Å². The molecule has 3 fully saturated rings. The molecule has 73 heavy (non-hydrogen) atoms. The molecule has 0 amide bonds. The van der Waals surface area contributed by atoms with Crippen LogP contribution in [0.5, 0.6) is 0 Å². The lowest BCUT2D eigenvalue weighted by atomic mass is 9.71. The van der Waals surface area contributed by atoms with Gasteiger partial charge in [0.05, 0.1) is 43.4 Å². The number of esters is 5. The van der Waals surface area contributed by atoms with Gasteiger partial charge in [-0.15, -0.1) is 0 Å². The molecule has 1 aromatic carbocycles. The Morgan fingerprint density at radius 2 is 1.58 bits per heavy atom. The third kappa shape index (κ3) is 17.8. The van der Waals surface area contributed by atoms with E-state index in [0.29, 0.717) is 26.1 Å². The Morgan fingerprint density at radius 1 is 0.904 bits per heavy atom. The van der Waals surface area contributed by atoms with Gasteiger partial charge in [0.15, 0.2) is 18.0 Å². The number of aryl methyl sites for hydroxylation is 1. The molecule has 0 radical (unpaired) electrons. The number of nitrogens with zero attached hydrogens (tertiary/aromatic N) is 3. The van der Waals surface area contributed by atoms with E-state index in [4.69, 9.17) is 42.6 Å². The number of benzene rings is 1. The summed E-state index contributed by atoms with van der Waals surface area (Å²) < 4.78 is 56.1. The Hall–Kier alpha value is -4.08. The molecule has 3 heterocycles. The quantitative estimate of drug-likeness (QED) is 0.0861. The number of aldehydes is 1. The van der Waals surface area contributed by atoms with E-state index in [0.717, 1.165) is 25.5 Å². The molecular formula is C54H87N3O16. The maximum atomic E-state index is 14.0. The first-order valence-electron chi connectivity index (χ1n) is 26.3. The first-order chi connectivity index (χ1) is 34.5. The van der Waals surface area contributed by atoms with Gasteiger partial charge in [0.25, 0.3) is 0 Å².